The van der Waals surface area contributed by atoms with E-state index < -0.39 is 0 Å². The Morgan fingerprint density at radius 3 is 2.76 bits per heavy atom. The third-order valence-electron chi connectivity index (χ3n) is 3.92. The monoisotopic (exact) mass is 310 g/mol. The van der Waals surface area contributed by atoms with Gasteiger partial charge in [0.2, 0.25) is 0 Å². The van der Waals surface area contributed by atoms with Crippen molar-refractivity contribution in [3.8, 4) is 5.75 Å². The molecule has 21 heavy (non-hydrogen) atoms. The number of halogens is 1. The maximum absolute atomic E-state index is 12.1. The largest absolute Gasteiger partial charge is 0.496 e. The van der Waals surface area contributed by atoms with Crippen LogP contribution in [0.25, 0.3) is 0 Å². The van der Waals surface area contributed by atoms with Crippen LogP contribution in [0.1, 0.15) is 31.2 Å². The van der Waals surface area contributed by atoms with E-state index in [1.807, 2.05) is 0 Å². The van der Waals surface area contributed by atoms with Gasteiger partial charge in [0.1, 0.15) is 11.5 Å². The number of carbonyl (C=O) groups is 1. The molecule has 0 atom stereocenters. The van der Waals surface area contributed by atoms with Crippen molar-refractivity contribution in [3.05, 3.63) is 22.7 Å². The molecular formula is C16H23ClN2O2. The quantitative estimate of drug-likeness (QED) is 0.787. The molecule has 1 aliphatic heterocycles. The fourth-order valence-electron chi connectivity index (χ4n) is 2.75. The molecule has 5 heteroatoms. The number of ketones is 1. The number of rotatable bonds is 7. The van der Waals surface area contributed by atoms with E-state index in [1.54, 1.807) is 19.2 Å². The number of carbonyl (C=O) groups excluding carboxylic acids is 1. The minimum atomic E-state index is 0.216. The highest BCUT2D eigenvalue weighted by Gasteiger charge is 2.14. The van der Waals surface area contributed by atoms with Gasteiger partial charge in [-0.2, -0.15) is 0 Å². The fraction of sp³-hybridized carbons (Fsp3) is 0.562. The van der Waals surface area contributed by atoms with Crippen molar-refractivity contribution in [3.63, 3.8) is 0 Å². The van der Waals surface area contributed by atoms with Crippen LogP contribution in [-0.4, -0.2) is 37.4 Å². The summed E-state index contributed by atoms with van der Waals surface area (Å²) < 4.78 is 5.27. The highest BCUT2D eigenvalue weighted by Crippen LogP contribution is 2.29. The SMILES string of the molecule is COc1cc(N)c(Cl)cc1CC(=O)CCCN1CCCC1. The van der Waals surface area contributed by atoms with Gasteiger partial charge in [-0.3, -0.25) is 4.79 Å². The summed E-state index contributed by atoms with van der Waals surface area (Å²) in [6, 6.07) is 3.41. The number of nitrogen functional groups attached to an aromatic ring is 1. The van der Waals surface area contributed by atoms with E-state index in [0.29, 0.717) is 29.3 Å². The first-order chi connectivity index (χ1) is 10.1. The number of Topliss-reactive ketones (excluding diaryl/α,β-unsaturated/α-hetero) is 1. The molecule has 2 rings (SSSR count). The Bertz CT molecular complexity index is 499. The number of ether oxygens (including phenoxy) is 1. The van der Waals surface area contributed by atoms with Gasteiger partial charge < -0.3 is 15.4 Å². The zero-order valence-electron chi connectivity index (χ0n) is 12.5. The molecule has 116 valence electrons. The predicted octanol–water partition coefficient (Wildman–Crippen LogP) is 2.92. The molecule has 0 spiro atoms. The molecule has 0 bridgehead atoms. The first kappa shape index (κ1) is 16.1. The van der Waals surface area contributed by atoms with Gasteiger partial charge in [0, 0.05) is 24.5 Å². The summed E-state index contributed by atoms with van der Waals surface area (Å²) in [4.78, 5) is 14.5. The maximum Gasteiger partial charge on any atom is 0.137 e. The Balaban J connectivity index is 1.85. The van der Waals surface area contributed by atoms with E-state index >= 15 is 0 Å². The van der Waals surface area contributed by atoms with Gasteiger partial charge in [-0.25, -0.2) is 0 Å². The maximum atomic E-state index is 12.1. The average molecular weight is 311 g/mol. The summed E-state index contributed by atoms with van der Waals surface area (Å²) in [5, 5.41) is 0.468. The molecule has 0 aliphatic carbocycles. The van der Waals surface area contributed by atoms with Crippen LogP contribution >= 0.6 is 11.6 Å². The Morgan fingerprint density at radius 2 is 2.10 bits per heavy atom. The van der Waals surface area contributed by atoms with Crippen molar-refractivity contribution < 1.29 is 9.53 Å². The first-order valence-electron chi connectivity index (χ1n) is 7.46. The van der Waals surface area contributed by atoms with Crippen LogP contribution < -0.4 is 10.5 Å². The Morgan fingerprint density at radius 1 is 1.38 bits per heavy atom. The molecular weight excluding hydrogens is 288 g/mol. The Hall–Kier alpha value is -1.26. The normalized spacial score (nSPS) is 15.3. The van der Waals surface area contributed by atoms with Crippen molar-refractivity contribution in [1.82, 2.24) is 4.90 Å². The molecule has 0 amide bonds. The average Bonchev–Trinajstić information content (AvgIpc) is 2.96. The van der Waals surface area contributed by atoms with Crippen LogP contribution in [0.15, 0.2) is 12.1 Å². The highest BCUT2D eigenvalue weighted by atomic mass is 35.5. The molecule has 0 radical (unpaired) electrons. The van der Waals surface area contributed by atoms with E-state index in [9.17, 15) is 4.79 Å². The van der Waals surface area contributed by atoms with Gasteiger partial charge in [-0.05, 0) is 45.0 Å². The van der Waals surface area contributed by atoms with E-state index in [-0.39, 0.29) is 5.78 Å². The van der Waals surface area contributed by atoms with Crippen LogP contribution in [-0.2, 0) is 11.2 Å². The predicted molar refractivity (Wildman–Crippen MR) is 86.0 cm³/mol. The van der Waals surface area contributed by atoms with Crippen LogP contribution in [0, 0.1) is 0 Å². The van der Waals surface area contributed by atoms with Gasteiger partial charge in [-0.15, -0.1) is 0 Å². The second-order valence-corrected chi connectivity index (χ2v) is 5.96. The smallest absolute Gasteiger partial charge is 0.137 e. The fourth-order valence-corrected chi connectivity index (χ4v) is 2.93. The number of nitrogens with two attached hydrogens (primary N) is 1. The lowest BCUT2D eigenvalue weighted by Crippen LogP contribution is -2.21. The Kier molecular flexibility index (Phi) is 5.88. The van der Waals surface area contributed by atoms with E-state index in [2.05, 4.69) is 4.90 Å². The molecule has 1 aromatic carbocycles. The Labute approximate surface area is 131 Å². The van der Waals surface area contributed by atoms with Crippen LogP contribution in [0.4, 0.5) is 5.69 Å². The van der Waals surface area contributed by atoms with Crippen molar-refractivity contribution in [1.29, 1.82) is 0 Å². The summed E-state index contributed by atoms with van der Waals surface area (Å²) in [5.41, 5.74) is 7.02. The van der Waals surface area contributed by atoms with Crippen LogP contribution in [0.3, 0.4) is 0 Å². The second kappa shape index (κ2) is 7.66. The van der Waals surface area contributed by atoms with Gasteiger partial charge in [0.05, 0.1) is 17.8 Å². The molecule has 1 heterocycles. The molecule has 0 saturated carbocycles. The third kappa shape index (κ3) is 4.61. The van der Waals surface area contributed by atoms with Crippen molar-refractivity contribution in [2.75, 3.05) is 32.5 Å². The van der Waals surface area contributed by atoms with E-state index in [0.717, 1.165) is 18.5 Å². The number of nitrogens with zero attached hydrogens (tertiary/aromatic N) is 1. The number of anilines is 1. The third-order valence-corrected chi connectivity index (χ3v) is 4.24. The van der Waals surface area contributed by atoms with Crippen molar-refractivity contribution >= 4 is 23.1 Å². The molecule has 2 N–H and O–H groups in total. The number of likely N-dealkylation sites (tertiary alicyclic amines) is 1. The summed E-state index contributed by atoms with van der Waals surface area (Å²) in [5.74, 6) is 0.845. The van der Waals surface area contributed by atoms with Crippen LogP contribution in [0.5, 0.6) is 5.75 Å². The van der Waals surface area contributed by atoms with Gasteiger partial charge in [0.25, 0.3) is 0 Å². The molecule has 1 fully saturated rings. The lowest BCUT2D eigenvalue weighted by Gasteiger charge is -2.14. The van der Waals surface area contributed by atoms with Crippen molar-refractivity contribution in [2.45, 2.75) is 32.1 Å². The molecule has 1 aromatic rings. The zero-order chi connectivity index (χ0) is 15.2. The van der Waals surface area contributed by atoms with E-state index in [1.165, 1.54) is 25.9 Å². The number of hydrogen-bond acceptors (Lipinski definition) is 4. The van der Waals surface area contributed by atoms with Gasteiger partial charge >= 0.3 is 0 Å². The standard InChI is InChI=1S/C16H23ClN2O2/c1-21-16-11-15(18)14(17)10-12(16)9-13(20)5-4-8-19-6-2-3-7-19/h10-11H,2-9,18H2,1H3. The summed E-state index contributed by atoms with van der Waals surface area (Å²) in [7, 11) is 1.57. The van der Waals surface area contributed by atoms with Gasteiger partial charge in [0.15, 0.2) is 0 Å². The second-order valence-electron chi connectivity index (χ2n) is 5.55. The topological polar surface area (TPSA) is 55.6 Å². The lowest BCUT2D eigenvalue weighted by atomic mass is 10.0. The van der Waals surface area contributed by atoms with Gasteiger partial charge in [-0.1, -0.05) is 11.6 Å². The molecule has 4 nitrogen and oxygen atoms in total. The lowest BCUT2D eigenvalue weighted by molar-refractivity contribution is -0.118. The van der Waals surface area contributed by atoms with Crippen LogP contribution in [0.2, 0.25) is 5.02 Å². The minimum Gasteiger partial charge on any atom is -0.496 e. The highest BCUT2D eigenvalue weighted by molar-refractivity contribution is 6.33. The van der Waals surface area contributed by atoms with E-state index in [4.69, 9.17) is 22.1 Å². The number of hydrogen-bond donors (Lipinski definition) is 1. The molecule has 1 saturated heterocycles. The molecule has 1 aliphatic rings. The number of methoxy groups -OCH3 is 1. The summed E-state index contributed by atoms with van der Waals surface area (Å²) >= 11 is 6.02. The first-order valence-corrected chi connectivity index (χ1v) is 7.84. The number of benzene rings is 1. The summed E-state index contributed by atoms with van der Waals surface area (Å²) in [6.07, 6.45) is 4.44. The zero-order valence-corrected chi connectivity index (χ0v) is 13.3. The molecule has 0 aromatic heterocycles. The summed E-state index contributed by atoms with van der Waals surface area (Å²) in [6.45, 7) is 3.37. The molecule has 0 unspecified atom stereocenters. The van der Waals surface area contributed by atoms with Crippen molar-refractivity contribution in [2.24, 2.45) is 0 Å². The minimum absolute atomic E-state index is 0.216.